The molecule has 90 valence electrons. The summed E-state index contributed by atoms with van der Waals surface area (Å²) in [6, 6.07) is 5.34. The second-order valence-electron chi connectivity index (χ2n) is 3.97. The van der Waals surface area contributed by atoms with E-state index in [4.69, 9.17) is 5.73 Å². The number of aromatic nitrogens is 4. The highest BCUT2D eigenvalue weighted by Crippen LogP contribution is 2.21. The van der Waals surface area contributed by atoms with Crippen molar-refractivity contribution in [1.29, 1.82) is 0 Å². The number of nitrogens with two attached hydrogens (primary N) is 1. The van der Waals surface area contributed by atoms with E-state index in [1.165, 1.54) is 11.0 Å². The standard InChI is InChI=1S/C12H10FN5/c1-7-11(13)12(16-6-15-7)18-10-4-9(14)3-2-8(10)5-17-18/h2-6H,14H2,1H3. The second kappa shape index (κ2) is 3.76. The Hall–Kier alpha value is -2.50. The molecule has 0 amide bonds. The van der Waals surface area contributed by atoms with Crippen molar-refractivity contribution < 1.29 is 4.39 Å². The van der Waals surface area contributed by atoms with Gasteiger partial charge in [-0.2, -0.15) is 5.10 Å². The van der Waals surface area contributed by atoms with Crippen molar-refractivity contribution in [3.05, 3.63) is 42.2 Å². The van der Waals surface area contributed by atoms with Gasteiger partial charge in [-0.1, -0.05) is 0 Å². The molecule has 0 atom stereocenters. The lowest BCUT2D eigenvalue weighted by Gasteiger charge is -2.05. The predicted molar refractivity (Wildman–Crippen MR) is 65.8 cm³/mol. The van der Waals surface area contributed by atoms with E-state index in [-0.39, 0.29) is 11.5 Å². The van der Waals surface area contributed by atoms with Gasteiger partial charge in [0, 0.05) is 11.1 Å². The maximum atomic E-state index is 14.0. The molecule has 18 heavy (non-hydrogen) atoms. The average Bonchev–Trinajstić information content (AvgIpc) is 2.75. The number of nitrogens with zero attached hydrogens (tertiary/aromatic N) is 4. The summed E-state index contributed by atoms with van der Waals surface area (Å²) in [5.41, 5.74) is 7.32. The molecule has 2 N–H and O–H groups in total. The first kappa shape index (κ1) is 10.6. The summed E-state index contributed by atoms with van der Waals surface area (Å²) in [4.78, 5) is 7.73. The molecule has 0 aliphatic carbocycles. The fraction of sp³-hybridized carbons (Fsp3) is 0.0833. The van der Waals surface area contributed by atoms with Gasteiger partial charge in [-0.25, -0.2) is 19.0 Å². The van der Waals surface area contributed by atoms with Gasteiger partial charge in [0.15, 0.2) is 11.6 Å². The van der Waals surface area contributed by atoms with Crippen molar-refractivity contribution in [2.24, 2.45) is 0 Å². The van der Waals surface area contributed by atoms with Crippen LogP contribution in [0.3, 0.4) is 0 Å². The number of hydrogen-bond donors (Lipinski definition) is 1. The Morgan fingerprint density at radius 1 is 1.28 bits per heavy atom. The van der Waals surface area contributed by atoms with Crippen molar-refractivity contribution in [2.75, 3.05) is 5.73 Å². The van der Waals surface area contributed by atoms with Crippen molar-refractivity contribution in [2.45, 2.75) is 6.92 Å². The lowest BCUT2D eigenvalue weighted by Crippen LogP contribution is -2.05. The van der Waals surface area contributed by atoms with E-state index in [0.717, 1.165) is 5.39 Å². The van der Waals surface area contributed by atoms with Crippen molar-refractivity contribution in [1.82, 2.24) is 19.7 Å². The van der Waals surface area contributed by atoms with E-state index >= 15 is 0 Å². The maximum Gasteiger partial charge on any atom is 0.193 e. The van der Waals surface area contributed by atoms with E-state index < -0.39 is 5.82 Å². The van der Waals surface area contributed by atoms with Gasteiger partial charge in [-0.05, 0) is 25.1 Å². The van der Waals surface area contributed by atoms with E-state index in [9.17, 15) is 4.39 Å². The van der Waals surface area contributed by atoms with E-state index in [1.54, 1.807) is 25.3 Å². The first-order valence-corrected chi connectivity index (χ1v) is 5.37. The molecule has 0 bridgehead atoms. The molecule has 0 unspecified atom stereocenters. The molecular weight excluding hydrogens is 233 g/mol. The number of rotatable bonds is 1. The zero-order chi connectivity index (χ0) is 12.7. The van der Waals surface area contributed by atoms with Crippen molar-refractivity contribution >= 4 is 16.6 Å². The van der Waals surface area contributed by atoms with E-state index in [0.29, 0.717) is 11.2 Å². The molecule has 0 spiro atoms. The number of fused-ring (bicyclic) bond motifs is 1. The van der Waals surface area contributed by atoms with Gasteiger partial charge in [0.25, 0.3) is 0 Å². The molecule has 2 aromatic heterocycles. The zero-order valence-electron chi connectivity index (χ0n) is 9.63. The fourth-order valence-electron chi connectivity index (χ4n) is 1.80. The fourth-order valence-corrected chi connectivity index (χ4v) is 1.80. The highest BCUT2D eigenvalue weighted by Gasteiger charge is 2.13. The third-order valence-electron chi connectivity index (χ3n) is 2.74. The maximum absolute atomic E-state index is 14.0. The van der Waals surface area contributed by atoms with Crippen LogP contribution in [-0.4, -0.2) is 19.7 Å². The third-order valence-corrected chi connectivity index (χ3v) is 2.74. The first-order valence-electron chi connectivity index (χ1n) is 5.37. The Morgan fingerprint density at radius 3 is 2.94 bits per heavy atom. The number of benzene rings is 1. The minimum absolute atomic E-state index is 0.128. The second-order valence-corrected chi connectivity index (χ2v) is 3.97. The van der Waals surface area contributed by atoms with Crippen LogP contribution < -0.4 is 5.73 Å². The van der Waals surface area contributed by atoms with Crippen LogP contribution in [0, 0.1) is 12.7 Å². The van der Waals surface area contributed by atoms with Gasteiger partial charge in [-0.3, -0.25) is 0 Å². The van der Waals surface area contributed by atoms with Crippen LogP contribution in [0.2, 0.25) is 0 Å². The van der Waals surface area contributed by atoms with Crippen molar-refractivity contribution in [3.8, 4) is 5.82 Å². The molecule has 0 saturated heterocycles. The summed E-state index contributed by atoms with van der Waals surface area (Å²) < 4.78 is 15.4. The van der Waals surface area contributed by atoms with E-state index in [1.807, 2.05) is 6.07 Å². The zero-order valence-corrected chi connectivity index (χ0v) is 9.63. The van der Waals surface area contributed by atoms with E-state index in [2.05, 4.69) is 15.1 Å². The van der Waals surface area contributed by atoms with Crippen LogP contribution in [0.4, 0.5) is 10.1 Å². The summed E-state index contributed by atoms with van der Waals surface area (Å²) in [6.07, 6.45) is 2.96. The number of aryl methyl sites for hydroxylation is 1. The molecule has 0 aliphatic rings. The third kappa shape index (κ3) is 1.50. The summed E-state index contributed by atoms with van der Waals surface area (Å²) in [7, 11) is 0. The first-order chi connectivity index (χ1) is 8.66. The summed E-state index contributed by atoms with van der Waals surface area (Å²) in [5.74, 6) is -0.354. The summed E-state index contributed by atoms with van der Waals surface area (Å²) in [5, 5.41) is 5.01. The van der Waals surface area contributed by atoms with Gasteiger partial charge in [0.2, 0.25) is 0 Å². The van der Waals surface area contributed by atoms with Crippen LogP contribution in [0.25, 0.3) is 16.7 Å². The molecule has 0 radical (unpaired) electrons. The van der Waals surface area contributed by atoms with Crippen LogP contribution in [0.1, 0.15) is 5.69 Å². The summed E-state index contributed by atoms with van der Waals surface area (Å²) in [6.45, 7) is 1.58. The van der Waals surface area contributed by atoms with Gasteiger partial charge in [-0.15, -0.1) is 0 Å². The molecule has 0 aliphatic heterocycles. The number of halogens is 1. The molecule has 0 saturated carbocycles. The Kier molecular flexibility index (Phi) is 2.22. The molecule has 6 heteroatoms. The number of hydrogen-bond acceptors (Lipinski definition) is 4. The molecule has 3 aromatic rings. The van der Waals surface area contributed by atoms with Gasteiger partial charge >= 0.3 is 0 Å². The Morgan fingerprint density at radius 2 is 2.11 bits per heavy atom. The SMILES string of the molecule is Cc1ncnc(-n2ncc3ccc(N)cc32)c1F. The summed E-state index contributed by atoms with van der Waals surface area (Å²) >= 11 is 0. The lowest BCUT2D eigenvalue weighted by atomic mass is 10.2. The lowest BCUT2D eigenvalue weighted by molar-refractivity contribution is 0.584. The highest BCUT2D eigenvalue weighted by atomic mass is 19.1. The monoisotopic (exact) mass is 243 g/mol. The Balaban J connectivity index is 2.32. The van der Waals surface area contributed by atoms with Crippen LogP contribution in [-0.2, 0) is 0 Å². The quantitative estimate of drug-likeness (QED) is 0.662. The van der Waals surface area contributed by atoms with Crippen LogP contribution >= 0.6 is 0 Å². The minimum atomic E-state index is -0.482. The minimum Gasteiger partial charge on any atom is -0.399 e. The van der Waals surface area contributed by atoms with Crippen LogP contribution in [0.5, 0.6) is 0 Å². The molecular formula is C12H10FN5. The Labute approximate surface area is 102 Å². The van der Waals surface area contributed by atoms with Crippen LogP contribution in [0.15, 0.2) is 30.7 Å². The number of anilines is 1. The average molecular weight is 243 g/mol. The predicted octanol–water partition coefficient (Wildman–Crippen LogP) is 1.85. The molecule has 0 fully saturated rings. The normalized spacial score (nSPS) is 11.0. The molecule has 3 rings (SSSR count). The molecule has 1 aromatic carbocycles. The smallest absolute Gasteiger partial charge is 0.193 e. The van der Waals surface area contributed by atoms with Crippen molar-refractivity contribution in [3.63, 3.8) is 0 Å². The van der Waals surface area contributed by atoms with Gasteiger partial charge in [0.1, 0.15) is 6.33 Å². The highest BCUT2D eigenvalue weighted by molar-refractivity contribution is 5.83. The topological polar surface area (TPSA) is 69.6 Å². The van der Waals surface area contributed by atoms with Gasteiger partial charge < -0.3 is 5.73 Å². The molecule has 5 nitrogen and oxygen atoms in total. The molecule has 2 heterocycles. The number of nitrogen functional groups attached to an aromatic ring is 1. The van der Waals surface area contributed by atoms with Gasteiger partial charge in [0.05, 0.1) is 17.4 Å². The largest absolute Gasteiger partial charge is 0.399 e. The Bertz CT molecular complexity index is 734.